The highest BCUT2D eigenvalue weighted by molar-refractivity contribution is 5.77. The molecule has 23 heavy (non-hydrogen) atoms. The summed E-state index contributed by atoms with van der Waals surface area (Å²) in [5.74, 6) is 0.852. The van der Waals surface area contributed by atoms with Crippen LogP contribution in [0.3, 0.4) is 0 Å². The third-order valence-electron chi connectivity index (χ3n) is 4.80. The summed E-state index contributed by atoms with van der Waals surface area (Å²) in [6, 6.07) is 9.73. The maximum Gasteiger partial charge on any atom is 0.223 e. The molecular weight excluding hydrogens is 294 g/mol. The molecule has 4 rings (SSSR count). The van der Waals surface area contributed by atoms with Crippen molar-refractivity contribution >= 4 is 5.91 Å². The Kier molecular flexibility index (Phi) is 3.57. The number of hydrogen-bond donors (Lipinski definition) is 0. The van der Waals surface area contributed by atoms with E-state index in [4.69, 9.17) is 4.74 Å². The van der Waals surface area contributed by atoms with Crippen LogP contribution in [0.1, 0.15) is 25.1 Å². The van der Waals surface area contributed by atoms with E-state index in [-0.39, 0.29) is 11.3 Å². The fraction of sp³-hybridized carbons (Fsp3) is 0.500. The van der Waals surface area contributed by atoms with Crippen LogP contribution in [-0.4, -0.2) is 50.8 Å². The van der Waals surface area contributed by atoms with E-state index in [2.05, 4.69) is 15.5 Å². The summed E-state index contributed by atoms with van der Waals surface area (Å²) in [4.78, 5) is 14.2. The lowest BCUT2D eigenvalue weighted by atomic mass is 9.79. The van der Waals surface area contributed by atoms with Gasteiger partial charge in [0, 0.05) is 25.0 Å². The summed E-state index contributed by atoms with van der Waals surface area (Å²) in [6.45, 7) is 2.71. The van der Waals surface area contributed by atoms with Crippen LogP contribution in [-0.2, 0) is 16.1 Å². The highest BCUT2D eigenvalue weighted by atomic mass is 16.5. The molecule has 1 unspecified atom stereocenters. The molecule has 1 aromatic heterocycles. The fourth-order valence-electron chi connectivity index (χ4n) is 3.46. The number of carbonyl (C=O) groups excluding carboxylic acids is 1. The van der Waals surface area contributed by atoms with Crippen LogP contribution >= 0.6 is 0 Å². The number of tetrazole rings is 1. The lowest BCUT2D eigenvalue weighted by molar-refractivity contribution is -0.138. The minimum atomic E-state index is 0.124. The van der Waals surface area contributed by atoms with Crippen LogP contribution < -0.4 is 0 Å². The zero-order chi connectivity index (χ0) is 15.7. The molecule has 0 radical (unpaired) electrons. The van der Waals surface area contributed by atoms with Gasteiger partial charge in [0.15, 0.2) is 5.82 Å². The predicted molar refractivity (Wildman–Crippen MR) is 81.7 cm³/mol. The molecule has 0 bridgehead atoms. The van der Waals surface area contributed by atoms with Crippen molar-refractivity contribution in [2.45, 2.75) is 25.8 Å². The van der Waals surface area contributed by atoms with Crippen molar-refractivity contribution in [2.75, 3.05) is 19.8 Å². The van der Waals surface area contributed by atoms with E-state index in [0.717, 1.165) is 38.3 Å². The molecule has 0 N–H and O–H groups in total. The zero-order valence-electron chi connectivity index (χ0n) is 12.9. The Bertz CT molecular complexity index is 694. The molecule has 2 fully saturated rings. The third kappa shape index (κ3) is 2.72. The van der Waals surface area contributed by atoms with Gasteiger partial charge in [-0.2, -0.15) is 4.68 Å². The van der Waals surface area contributed by atoms with Crippen LogP contribution in [0.25, 0.3) is 5.69 Å². The highest BCUT2D eigenvalue weighted by Crippen LogP contribution is 2.38. The quantitative estimate of drug-likeness (QED) is 0.851. The Balaban J connectivity index is 1.56. The first-order chi connectivity index (χ1) is 11.3. The molecule has 2 aromatic rings. The molecule has 0 aliphatic carbocycles. The number of nitrogens with zero attached hydrogens (tertiary/aromatic N) is 5. The number of piperidine rings is 1. The van der Waals surface area contributed by atoms with Crippen LogP contribution in [0.15, 0.2) is 30.3 Å². The molecule has 1 spiro atoms. The van der Waals surface area contributed by atoms with E-state index in [1.165, 1.54) is 0 Å². The van der Waals surface area contributed by atoms with Crippen molar-refractivity contribution < 1.29 is 9.53 Å². The van der Waals surface area contributed by atoms with Crippen molar-refractivity contribution in [1.29, 1.82) is 0 Å². The molecule has 0 saturated carbocycles. The second-order valence-electron chi connectivity index (χ2n) is 6.39. The summed E-state index contributed by atoms with van der Waals surface area (Å²) in [6.07, 6.45) is 2.53. The number of benzene rings is 1. The van der Waals surface area contributed by atoms with Crippen LogP contribution in [0, 0.1) is 5.41 Å². The third-order valence-corrected chi connectivity index (χ3v) is 4.80. The second kappa shape index (κ2) is 5.73. The van der Waals surface area contributed by atoms with Crippen LogP contribution in [0.2, 0.25) is 0 Å². The van der Waals surface area contributed by atoms with E-state index < -0.39 is 0 Å². The minimum Gasteiger partial charge on any atom is -0.381 e. The molecule has 1 atom stereocenters. The maximum absolute atomic E-state index is 12.3. The Hall–Kier alpha value is -2.28. The SMILES string of the molecule is O=C1CCC2(CCOC2)CN1Cc1nnnn1-c1ccccc1. The number of amides is 1. The molecule has 1 amide bonds. The predicted octanol–water partition coefficient (Wildman–Crippen LogP) is 1.19. The van der Waals surface area contributed by atoms with Crippen molar-refractivity contribution in [2.24, 2.45) is 5.41 Å². The van der Waals surface area contributed by atoms with Crippen molar-refractivity contribution in [3.05, 3.63) is 36.2 Å². The monoisotopic (exact) mass is 313 g/mol. The topological polar surface area (TPSA) is 73.1 Å². The summed E-state index contributed by atoms with van der Waals surface area (Å²) in [5.41, 5.74) is 1.02. The Labute approximate surface area is 134 Å². The van der Waals surface area contributed by atoms with Gasteiger partial charge in [-0.1, -0.05) is 18.2 Å². The number of aromatic nitrogens is 4. The van der Waals surface area contributed by atoms with Gasteiger partial charge in [0.2, 0.25) is 5.91 Å². The molecule has 120 valence electrons. The molecule has 2 saturated heterocycles. The summed E-state index contributed by atoms with van der Waals surface area (Å²) < 4.78 is 7.26. The zero-order valence-corrected chi connectivity index (χ0v) is 12.9. The van der Waals surface area contributed by atoms with E-state index in [9.17, 15) is 4.79 Å². The molecule has 7 heteroatoms. The van der Waals surface area contributed by atoms with E-state index in [0.29, 0.717) is 18.8 Å². The lowest BCUT2D eigenvalue weighted by Gasteiger charge is -2.38. The van der Waals surface area contributed by atoms with Gasteiger partial charge in [-0.25, -0.2) is 0 Å². The molecule has 3 heterocycles. The minimum absolute atomic E-state index is 0.124. The molecule has 7 nitrogen and oxygen atoms in total. The van der Waals surface area contributed by atoms with Crippen LogP contribution in [0.4, 0.5) is 0 Å². The van der Waals surface area contributed by atoms with Crippen molar-refractivity contribution in [3.8, 4) is 5.69 Å². The number of ether oxygens (including phenoxy) is 1. The smallest absolute Gasteiger partial charge is 0.223 e. The Morgan fingerprint density at radius 3 is 2.87 bits per heavy atom. The average Bonchev–Trinajstić information content (AvgIpc) is 3.22. The molecule has 2 aliphatic heterocycles. The summed E-state index contributed by atoms with van der Waals surface area (Å²) >= 11 is 0. The Morgan fingerprint density at radius 1 is 1.22 bits per heavy atom. The largest absolute Gasteiger partial charge is 0.381 e. The van der Waals surface area contributed by atoms with E-state index >= 15 is 0 Å². The first-order valence-electron chi connectivity index (χ1n) is 7.94. The highest BCUT2D eigenvalue weighted by Gasteiger charge is 2.41. The molecule has 1 aromatic carbocycles. The Morgan fingerprint density at radius 2 is 2.09 bits per heavy atom. The standard InChI is InChI=1S/C16H19N5O2/c22-15-6-7-16(8-9-23-12-16)11-20(15)10-14-17-18-19-21(14)13-4-2-1-3-5-13/h1-5H,6-12H2. The van der Waals surface area contributed by atoms with Gasteiger partial charge in [0.25, 0.3) is 0 Å². The first-order valence-corrected chi connectivity index (χ1v) is 7.94. The van der Waals surface area contributed by atoms with E-state index in [1.54, 1.807) is 4.68 Å². The molecule has 2 aliphatic rings. The van der Waals surface area contributed by atoms with Gasteiger partial charge in [-0.05, 0) is 35.4 Å². The van der Waals surface area contributed by atoms with Gasteiger partial charge in [-0.15, -0.1) is 5.10 Å². The van der Waals surface area contributed by atoms with E-state index in [1.807, 2.05) is 35.2 Å². The maximum atomic E-state index is 12.3. The number of rotatable bonds is 3. The van der Waals surface area contributed by atoms with Gasteiger partial charge in [-0.3, -0.25) is 4.79 Å². The van der Waals surface area contributed by atoms with Gasteiger partial charge in [0.05, 0.1) is 18.8 Å². The van der Waals surface area contributed by atoms with Crippen molar-refractivity contribution in [1.82, 2.24) is 25.1 Å². The second-order valence-corrected chi connectivity index (χ2v) is 6.39. The number of likely N-dealkylation sites (tertiary alicyclic amines) is 1. The summed E-state index contributed by atoms with van der Waals surface area (Å²) in [7, 11) is 0. The number of carbonyl (C=O) groups is 1. The number of para-hydroxylation sites is 1. The van der Waals surface area contributed by atoms with Gasteiger partial charge < -0.3 is 9.64 Å². The first kappa shape index (κ1) is 14.3. The molecular formula is C16H19N5O2. The van der Waals surface area contributed by atoms with Gasteiger partial charge >= 0.3 is 0 Å². The normalized spacial score (nSPS) is 24.5. The number of hydrogen-bond acceptors (Lipinski definition) is 5. The van der Waals surface area contributed by atoms with Crippen LogP contribution in [0.5, 0.6) is 0 Å². The fourth-order valence-corrected chi connectivity index (χ4v) is 3.46. The van der Waals surface area contributed by atoms with Gasteiger partial charge in [0.1, 0.15) is 0 Å². The lowest BCUT2D eigenvalue weighted by Crippen LogP contribution is -2.46. The summed E-state index contributed by atoms with van der Waals surface area (Å²) in [5, 5.41) is 12.0. The van der Waals surface area contributed by atoms with Crippen molar-refractivity contribution in [3.63, 3.8) is 0 Å². The average molecular weight is 313 g/mol.